The van der Waals surface area contributed by atoms with Crippen molar-refractivity contribution >= 4 is 11.6 Å². The quantitative estimate of drug-likeness (QED) is 0.569. The first-order chi connectivity index (χ1) is 14.6. The van der Waals surface area contributed by atoms with Crippen LogP contribution >= 0.6 is 0 Å². The van der Waals surface area contributed by atoms with Gasteiger partial charge in [-0.05, 0) is 17.7 Å². The molecule has 7 nitrogen and oxygen atoms in total. The Morgan fingerprint density at radius 2 is 1.87 bits per heavy atom. The van der Waals surface area contributed by atoms with E-state index in [9.17, 15) is 14.0 Å². The van der Waals surface area contributed by atoms with Gasteiger partial charge in [0.15, 0.2) is 11.5 Å². The number of nitrogens with zero attached hydrogens (tertiary/aromatic N) is 4. The number of H-pyrrole nitrogens is 1. The fourth-order valence-electron chi connectivity index (χ4n) is 3.79. The van der Waals surface area contributed by atoms with Crippen LogP contribution in [0.4, 0.5) is 4.39 Å². The molecule has 4 aromatic rings. The highest BCUT2D eigenvalue weighted by Gasteiger charge is 2.26. The first kappa shape index (κ1) is 18.2. The van der Waals surface area contributed by atoms with Crippen LogP contribution < -0.4 is 5.69 Å². The molecule has 0 aliphatic carbocycles. The van der Waals surface area contributed by atoms with Crippen molar-refractivity contribution in [3.05, 3.63) is 87.7 Å². The second-order valence-corrected chi connectivity index (χ2v) is 7.27. The average molecular weight is 403 g/mol. The normalized spacial score (nSPS) is 13.4. The third kappa shape index (κ3) is 3.16. The van der Waals surface area contributed by atoms with E-state index in [-0.39, 0.29) is 17.3 Å². The number of nitrogens with one attached hydrogen (secondary N) is 1. The Kier molecular flexibility index (Phi) is 4.39. The third-order valence-corrected chi connectivity index (χ3v) is 5.34. The number of carbonyl (C=O) groups excluding carboxylic acids is 1. The summed E-state index contributed by atoms with van der Waals surface area (Å²) in [5.41, 5.74) is 2.57. The number of hydrogen-bond acceptors (Lipinski definition) is 4. The predicted molar refractivity (Wildman–Crippen MR) is 108 cm³/mol. The van der Waals surface area contributed by atoms with Crippen LogP contribution in [0.5, 0.6) is 0 Å². The van der Waals surface area contributed by atoms with Crippen LogP contribution in [-0.4, -0.2) is 36.9 Å². The van der Waals surface area contributed by atoms with Crippen molar-refractivity contribution in [2.45, 2.75) is 19.4 Å². The minimum absolute atomic E-state index is 0.00467. The highest BCUT2D eigenvalue weighted by molar-refractivity contribution is 5.79. The van der Waals surface area contributed by atoms with Crippen LogP contribution in [0, 0.1) is 5.82 Å². The summed E-state index contributed by atoms with van der Waals surface area (Å²) < 4.78 is 15.3. The van der Waals surface area contributed by atoms with Gasteiger partial charge in [0.05, 0.1) is 18.5 Å². The number of benzene rings is 2. The van der Waals surface area contributed by atoms with E-state index < -0.39 is 11.5 Å². The van der Waals surface area contributed by atoms with E-state index in [1.54, 1.807) is 23.1 Å². The van der Waals surface area contributed by atoms with Gasteiger partial charge in [-0.25, -0.2) is 14.2 Å². The van der Waals surface area contributed by atoms with E-state index in [0.29, 0.717) is 31.6 Å². The molecule has 8 heteroatoms. The smallest absolute Gasteiger partial charge is 0.337 e. The number of aromatic nitrogens is 4. The summed E-state index contributed by atoms with van der Waals surface area (Å²) in [6, 6.07) is 15.7. The van der Waals surface area contributed by atoms with Gasteiger partial charge in [-0.1, -0.05) is 42.5 Å². The molecular weight excluding hydrogens is 385 g/mol. The topological polar surface area (TPSA) is 83.4 Å². The van der Waals surface area contributed by atoms with Crippen molar-refractivity contribution in [2.75, 3.05) is 6.54 Å². The third-order valence-electron chi connectivity index (χ3n) is 5.34. The highest BCUT2D eigenvalue weighted by Crippen LogP contribution is 2.24. The SMILES string of the molecule is O=C(Cc1ccccc1)N1CCc2[nH]c(=O)n3nc(-c4ccccc4F)nc3c2C1. The van der Waals surface area contributed by atoms with Crippen LogP contribution in [0.15, 0.2) is 59.4 Å². The Balaban J connectivity index is 1.51. The van der Waals surface area contributed by atoms with Crippen molar-refractivity contribution in [1.82, 2.24) is 24.5 Å². The number of aromatic amines is 1. The molecule has 1 amide bonds. The zero-order valence-electron chi connectivity index (χ0n) is 16.0. The fraction of sp³-hybridized carbons (Fsp3) is 0.182. The van der Waals surface area contributed by atoms with Gasteiger partial charge in [0, 0.05) is 24.2 Å². The molecule has 0 saturated carbocycles. The van der Waals surface area contributed by atoms with Gasteiger partial charge < -0.3 is 9.88 Å². The molecule has 0 bridgehead atoms. The molecule has 5 rings (SSSR count). The molecule has 2 aromatic carbocycles. The summed E-state index contributed by atoms with van der Waals surface area (Å²) in [5.74, 6) is -0.317. The molecule has 3 heterocycles. The molecule has 0 atom stereocenters. The van der Waals surface area contributed by atoms with Crippen molar-refractivity contribution in [1.29, 1.82) is 0 Å². The number of fused-ring (bicyclic) bond motifs is 3. The second kappa shape index (κ2) is 7.22. The first-order valence-electron chi connectivity index (χ1n) is 9.67. The zero-order chi connectivity index (χ0) is 20.7. The lowest BCUT2D eigenvalue weighted by Crippen LogP contribution is -2.39. The van der Waals surface area contributed by atoms with Gasteiger partial charge >= 0.3 is 5.69 Å². The Bertz CT molecular complexity index is 1310. The second-order valence-electron chi connectivity index (χ2n) is 7.27. The summed E-state index contributed by atoms with van der Waals surface area (Å²) in [4.78, 5) is 34.3. The maximum absolute atomic E-state index is 14.2. The lowest BCUT2D eigenvalue weighted by Gasteiger charge is -2.28. The van der Waals surface area contributed by atoms with Crippen LogP contribution in [-0.2, 0) is 24.2 Å². The van der Waals surface area contributed by atoms with Crippen molar-refractivity contribution in [3.63, 3.8) is 0 Å². The van der Waals surface area contributed by atoms with Crippen molar-refractivity contribution in [2.24, 2.45) is 0 Å². The summed E-state index contributed by atoms with van der Waals surface area (Å²) in [6.07, 6.45) is 0.826. The summed E-state index contributed by atoms with van der Waals surface area (Å²) in [7, 11) is 0. The van der Waals surface area contributed by atoms with Crippen molar-refractivity contribution < 1.29 is 9.18 Å². The molecule has 1 aliphatic heterocycles. The molecule has 30 heavy (non-hydrogen) atoms. The van der Waals surface area contributed by atoms with Gasteiger partial charge in [0.1, 0.15) is 5.82 Å². The molecule has 1 aliphatic rings. The fourth-order valence-corrected chi connectivity index (χ4v) is 3.79. The van der Waals surface area contributed by atoms with E-state index >= 15 is 0 Å². The monoisotopic (exact) mass is 403 g/mol. The predicted octanol–water partition coefficient (Wildman–Crippen LogP) is 2.35. The number of hydrogen-bond donors (Lipinski definition) is 1. The van der Waals surface area contributed by atoms with Gasteiger partial charge in [0.2, 0.25) is 5.91 Å². The first-order valence-corrected chi connectivity index (χ1v) is 9.67. The van der Waals surface area contributed by atoms with E-state index in [1.165, 1.54) is 6.07 Å². The number of carbonyl (C=O) groups is 1. The summed E-state index contributed by atoms with van der Waals surface area (Å²) >= 11 is 0. The Morgan fingerprint density at radius 1 is 1.10 bits per heavy atom. The van der Waals surface area contributed by atoms with Crippen LogP contribution in [0.3, 0.4) is 0 Å². The van der Waals surface area contributed by atoms with Crippen LogP contribution in [0.2, 0.25) is 0 Å². The van der Waals surface area contributed by atoms with Gasteiger partial charge in [-0.2, -0.15) is 4.52 Å². The molecule has 0 unspecified atom stereocenters. The van der Waals surface area contributed by atoms with Crippen LogP contribution in [0.25, 0.3) is 17.0 Å². The van der Waals surface area contributed by atoms with E-state index in [0.717, 1.165) is 21.3 Å². The van der Waals surface area contributed by atoms with Crippen molar-refractivity contribution in [3.8, 4) is 11.4 Å². The number of amides is 1. The maximum atomic E-state index is 14.2. The average Bonchev–Trinajstić information content (AvgIpc) is 3.21. The van der Waals surface area contributed by atoms with Crippen LogP contribution in [0.1, 0.15) is 16.8 Å². The van der Waals surface area contributed by atoms with E-state index in [1.807, 2.05) is 30.3 Å². The molecular formula is C22H18FN5O2. The molecule has 0 fully saturated rings. The number of rotatable bonds is 3. The molecule has 1 N–H and O–H groups in total. The highest BCUT2D eigenvalue weighted by atomic mass is 19.1. The maximum Gasteiger partial charge on any atom is 0.348 e. The Labute approximate surface area is 170 Å². The number of halogens is 1. The lowest BCUT2D eigenvalue weighted by molar-refractivity contribution is -0.131. The minimum Gasteiger partial charge on any atom is -0.337 e. The molecule has 0 saturated heterocycles. The van der Waals surface area contributed by atoms with Gasteiger partial charge in [-0.15, -0.1) is 5.10 Å². The van der Waals surface area contributed by atoms with Gasteiger partial charge in [0.25, 0.3) is 0 Å². The minimum atomic E-state index is -0.460. The summed E-state index contributed by atoms with van der Waals surface area (Å²) in [6.45, 7) is 0.829. The largest absolute Gasteiger partial charge is 0.348 e. The Morgan fingerprint density at radius 3 is 2.67 bits per heavy atom. The Hall–Kier alpha value is -3.81. The van der Waals surface area contributed by atoms with E-state index in [4.69, 9.17) is 0 Å². The molecule has 2 aromatic heterocycles. The molecule has 0 radical (unpaired) electrons. The lowest BCUT2D eigenvalue weighted by atomic mass is 10.1. The van der Waals surface area contributed by atoms with E-state index in [2.05, 4.69) is 15.1 Å². The zero-order valence-corrected chi connectivity index (χ0v) is 16.0. The standard InChI is InChI=1S/C22H18FN5O2/c23-17-9-5-4-8-15(17)20-25-21-16-13-27(19(29)12-14-6-2-1-3-7-14)11-10-18(16)24-22(30)28(21)26-20/h1-9H,10-13H2,(H,24,30). The summed E-state index contributed by atoms with van der Waals surface area (Å²) in [5, 5.41) is 4.21. The van der Waals surface area contributed by atoms with Gasteiger partial charge in [-0.3, -0.25) is 4.79 Å². The molecule has 0 spiro atoms. The molecule has 150 valence electrons.